The quantitative estimate of drug-likeness (QED) is 0.815. The van der Waals surface area contributed by atoms with Crippen molar-refractivity contribution in [2.75, 3.05) is 18.5 Å². The molecule has 1 aromatic rings. The summed E-state index contributed by atoms with van der Waals surface area (Å²) in [4.78, 5) is 38.1. The third-order valence-electron chi connectivity index (χ3n) is 6.60. The van der Waals surface area contributed by atoms with Gasteiger partial charge in [-0.15, -0.1) is 0 Å². The number of aryl methyl sites for hydroxylation is 1. The van der Waals surface area contributed by atoms with Gasteiger partial charge in [0, 0.05) is 37.7 Å². The summed E-state index contributed by atoms with van der Waals surface area (Å²) in [6, 6.07) is -0.0458. The smallest absolute Gasteiger partial charge is 0.228 e. The van der Waals surface area contributed by atoms with Crippen molar-refractivity contribution in [3.05, 3.63) is 17.1 Å². The van der Waals surface area contributed by atoms with Gasteiger partial charge in [0.25, 0.3) is 0 Å². The summed E-state index contributed by atoms with van der Waals surface area (Å²) in [5.74, 6) is 2.52. The van der Waals surface area contributed by atoms with E-state index in [1.807, 2.05) is 11.8 Å². The first-order valence-electron chi connectivity index (χ1n) is 10.5. The fraction of sp³-hybridized carbons (Fsp3) is 0.714. The highest BCUT2D eigenvalue weighted by molar-refractivity contribution is 5.94. The molecule has 0 aromatic carbocycles. The van der Waals surface area contributed by atoms with Gasteiger partial charge in [0.2, 0.25) is 11.8 Å². The first kappa shape index (κ1) is 18.4. The van der Waals surface area contributed by atoms with Gasteiger partial charge in [0.15, 0.2) is 5.82 Å². The van der Waals surface area contributed by atoms with Crippen LogP contribution in [0.3, 0.4) is 0 Å². The second-order valence-corrected chi connectivity index (χ2v) is 8.36. The van der Waals surface area contributed by atoms with Gasteiger partial charge in [-0.05, 0) is 38.5 Å². The van der Waals surface area contributed by atoms with E-state index in [4.69, 9.17) is 9.97 Å². The molecule has 4 rings (SSSR count). The normalized spacial score (nSPS) is 23.2. The van der Waals surface area contributed by atoms with Crippen LogP contribution in [0.25, 0.3) is 0 Å². The molecule has 6 heteroatoms. The summed E-state index contributed by atoms with van der Waals surface area (Å²) in [5, 5.41) is 0. The lowest BCUT2D eigenvalue weighted by Gasteiger charge is -2.29. The van der Waals surface area contributed by atoms with E-state index in [9.17, 15) is 9.59 Å². The third kappa shape index (κ3) is 3.58. The van der Waals surface area contributed by atoms with Crippen molar-refractivity contribution < 1.29 is 9.59 Å². The van der Waals surface area contributed by atoms with Crippen molar-refractivity contribution in [2.24, 2.45) is 5.92 Å². The summed E-state index contributed by atoms with van der Waals surface area (Å²) in [7, 11) is 1.79. The number of rotatable bonds is 4. The second-order valence-electron chi connectivity index (χ2n) is 8.36. The molecule has 3 aliphatic rings. The summed E-state index contributed by atoms with van der Waals surface area (Å²) in [6.45, 7) is 2.79. The SMILES string of the molecule is Cc1nc([C@@H]2CCCN2C(=O)CCC2CCCC2)nc2c1CCC(=O)N2C. The maximum absolute atomic E-state index is 12.9. The number of aromatic nitrogens is 2. The zero-order chi connectivity index (χ0) is 19.0. The number of nitrogens with zero attached hydrogens (tertiary/aromatic N) is 4. The zero-order valence-corrected chi connectivity index (χ0v) is 16.5. The Morgan fingerprint density at radius 3 is 2.67 bits per heavy atom. The van der Waals surface area contributed by atoms with E-state index >= 15 is 0 Å². The average Bonchev–Trinajstić information content (AvgIpc) is 3.34. The van der Waals surface area contributed by atoms with Crippen LogP contribution < -0.4 is 4.90 Å². The van der Waals surface area contributed by atoms with E-state index in [0.717, 1.165) is 48.8 Å². The Hall–Kier alpha value is -1.98. The summed E-state index contributed by atoms with van der Waals surface area (Å²) in [6.07, 6.45) is 9.99. The summed E-state index contributed by atoms with van der Waals surface area (Å²) >= 11 is 0. The summed E-state index contributed by atoms with van der Waals surface area (Å²) in [5.41, 5.74) is 2.01. The van der Waals surface area contributed by atoms with Gasteiger partial charge in [-0.1, -0.05) is 25.7 Å². The Labute approximate surface area is 161 Å². The lowest BCUT2D eigenvalue weighted by molar-refractivity contribution is -0.132. The molecule has 0 radical (unpaired) electrons. The van der Waals surface area contributed by atoms with Gasteiger partial charge in [0.1, 0.15) is 5.82 Å². The molecule has 27 heavy (non-hydrogen) atoms. The maximum Gasteiger partial charge on any atom is 0.228 e. The molecule has 1 saturated carbocycles. The first-order valence-corrected chi connectivity index (χ1v) is 10.5. The standard InChI is InChI=1S/C21H30N4O2/c1-14-16-10-12-18(26)24(2)21(16)23-20(22-14)17-8-5-13-25(17)19(27)11-9-15-6-3-4-7-15/h15,17H,3-13H2,1-2H3/t17-/m0/s1. The second kappa shape index (κ2) is 7.56. The molecule has 0 unspecified atom stereocenters. The lowest BCUT2D eigenvalue weighted by Crippen LogP contribution is -2.35. The molecule has 1 aliphatic carbocycles. The molecule has 0 bridgehead atoms. The Morgan fingerprint density at radius 2 is 1.89 bits per heavy atom. The number of carbonyl (C=O) groups is 2. The largest absolute Gasteiger partial charge is 0.332 e. The lowest BCUT2D eigenvalue weighted by atomic mass is 10.0. The van der Waals surface area contributed by atoms with Crippen LogP contribution in [0.15, 0.2) is 0 Å². The number of likely N-dealkylation sites (tertiary alicyclic amines) is 1. The van der Waals surface area contributed by atoms with Gasteiger partial charge in [-0.25, -0.2) is 9.97 Å². The molecule has 1 saturated heterocycles. The van der Waals surface area contributed by atoms with Crippen LogP contribution in [0.1, 0.15) is 80.9 Å². The topological polar surface area (TPSA) is 66.4 Å². The Balaban J connectivity index is 1.52. The van der Waals surface area contributed by atoms with Gasteiger partial charge in [0.05, 0.1) is 6.04 Å². The monoisotopic (exact) mass is 370 g/mol. The van der Waals surface area contributed by atoms with Crippen LogP contribution in [0, 0.1) is 12.8 Å². The van der Waals surface area contributed by atoms with Crippen LogP contribution in [0.4, 0.5) is 5.82 Å². The molecular formula is C21H30N4O2. The minimum absolute atomic E-state index is 0.0458. The predicted octanol–water partition coefficient (Wildman–Crippen LogP) is 3.33. The predicted molar refractivity (Wildman–Crippen MR) is 103 cm³/mol. The van der Waals surface area contributed by atoms with E-state index in [-0.39, 0.29) is 17.9 Å². The number of hydrogen-bond donors (Lipinski definition) is 0. The number of carbonyl (C=O) groups excluding carboxylic acids is 2. The van der Waals surface area contributed by atoms with Gasteiger partial charge < -0.3 is 4.90 Å². The van der Waals surface area contributed by atoms with Crippen molar-refractivity contribution in [1.82, 2.24) is 14.9 Å². The van der Waals surface area contributed by atoms with Crippen LogP contribution in [-0.4, -0.2) is 40.3 Å². The maximum atomic E-state index is 12.9. The molecule has 3 heterocycles. The number of hydrogen-bond acceptors (Lipinski definition) is 4. The first-order chi connectivity index (χ1) is 13.0. The molecule has 2 amide bonds. The number of amides is 2. The molecule has 0 spiro atoms. The van der Waals surface area contributed by atoms with E-state index in [1.165, 1.54) is 25.7 Å². The summed E-state index contributed by atoms with van der Waals surface area (Å²) < 4.78 is 0. The van der Waals surface area contributed by atoms with Crippen molar-refractivity contribution >= 4 is 17.6 Å². The fourth-order valence-corrected chi connectivity index (χ4v) is 4.94. The minimum Gasteiger partial charge on any atom is -0.332 e. The van der Waals surface area contributed by atoms with Gasteiger partial charge >= 0.3 is 0 Å². The van der Waals surface area contributed by atoms with Crippen LogP contribution >= 0.6 is 0 Å². The highest BCUT2D eigenvalue weighted by atomic mass is 16.2. The highest BCUT2D eigenvalue weighted by Gasteiger charge is 2.34. The average molecular weight is 370 g/mol. The number of anilines is 1. The van der Waals surface area contributed by atoms with E-state index in [0.29, 0.717) is 25.1 Å². The van der Waals surface area contributed by atoms with Gasteiger partial charge in [-0.3, -0.25) is 14.5 Å². The molecule has 6 nitrogen and oxygen atoms in total. The van der Waals surface area contributed by atoms with Crippen molar-refractivity contribution in [3.8, 4) is 0 Å². The molecule has 1 atom stereocenters. The van der Waals surface area contributed by atoms with E-state index in [1.54, 1.807) is 11.9 Å². The Kier molecular flexibility index (Phi) is 5.15. The molecule has 146 valence electrons. The molecule has 2 aliphatic heterocycles. The van der Waals surface area contributed by atoms with E-state index in [2.05, 4.69) is 0 Å². The van der Waals surface area contributed by atoms with Gasteiger partial charge in [-0.2, -0.15) is 0 Å². The van der Waals surface area contributed by atoms with E-state index < -0.39 is 0 Å². The Bertz CT molecular complexity index is 742. The Morgan fingerprint density at radius 1 is 1.11 bits per heavy atom. The zero-order valence-electron chi connectivity index (χ0n) is 16.5. The van der Waals surface area contributed by atoms with Crippen LogP contribution in [-0.2, 0) is 16.0 Å². The number of fused-ring (bicyclic) bond motifs is 1. The minimum atomic E-state index is -0.0458. The van der Waals surface area contributed by atoms with Crippen molar-refractivity contribution in [1.29, 1.82) is 0 Å². The molecule has 1 aromatic heterocycles. The van der Waals surface area contributed by atoms with Crippen LogP contribution in [0.5, 0.6) is 0 Å². The molecule has 0 N–H and O–H groups in total. The molecular weight excluding hydrogens is 340 g/mol. The van der Waals surface area contributed by atoms with Crippen LogP contribution in [0.2, 0.25) is 0 Å². The highest BCUT2D eigenvalue weighted by Crippen LogP contribution is 2.35. The fourth-order valence-electron chi connectivity index (χ4n) is 4.94. The third-order valence-corrected chi connectivity index (χ3v) is 6.60. The van der Waals surface area contributed by atoms with Crippen molar-refractivity contribution in [2.45, 2.75) is 77.2 Å². The van der Waals surface area contributed by atoms with Crippen molar-refractivity contribution in [3.63, 3.8) is 0 Å². The molecule has 2 fully saturated rings.